The number of hydrogen-bond acceptors (Lipinski definition) is 6. The van der Waals surface area contributed by atoms with Gasteiger partial charge >= 0.3 is 0 Å². The molecule has 0 spiro atoms. The summed E-state index contributed by atoms with van der Waals surface area (Å²) in [6, 6.07) is 0. The van der Waals surface area contributed by atoms with Crippen molar-refractivity contribution in [3.8, 4) is 0 Å². The Morgan fingerprint density at radius 1 is 1.06 bits per heavy atom. The van der Waals surface area contributed by atoms with Crippen LogP contribution >= 0.6 is 0 Å². The van der Waals surface area contributed by atoms with Crippen molar-refractivity contribution in [2.75, 3.05) is 13.2 Å². The van der Waals surface area contributed by atoms with Crippen LogP contribution in [0.1, 0.15) is 26.2 Å². The van der Waals surface area contributed by atoms with E-state index in [0.29, 0.717) is 6.61 Å². The van der Waals surface area contributed by atoms with E-state index in [4.69, 9.17) is 14.6 Å². The number of aliphatic hydroxyl groups is 4. The number of hydrogen-bond donors (Lipinski definition) is 4. The van der Waals surface area contributed by atoms with Crippen LogP contribution in [0.2, 0.25) is 0 Å². The monoisotopic (exact) mass is 250 g/mol. The van der Waals surface area contributed by atoms with Crippen LogP contribution in [0.4, 0.5) is 0 Å². The zero-order valence-electron chi connectivity index (χ0n) is 10.0. The standard InChI is InChI=1S/C11H22O6/c1-2-3-4-5-16-11-10(15)9(14)8(13)7(6-12)17-11/h7-15H,2-6H2,1H3/t7-,8-,9+,10+,11-/m1/s1. The summed E-state index contributed by atoms with van der Waals surface area (Å²) in [6.45, 7) is 2.05. The number of aliphatic hydroxyl groups excluding tert-OH is 4. The lowest BCUT2D eigenvalue weighted by Crippen LogP contribution is -2.59. The van der Waals surface area contributed by atoms with Crippen LogP contribution in [0.5, 0.6) is 0 Å². The molecular formula is C11H22O6. The van der Waals surface area contributed by atoms with E-state index < -0.39 is 37.3 Å². The maximum absolute atomic E-state index is 9.64. The van der Waals surface area contributed by atoms with E-state index in [2.05, 4.69) is 6.92 Å². The lowest BCUT2D eigenvalue weighted by atomic mass is 9.99. The first-order valence-electron chi connectivity index (χ1n) is 6.04. The maximum Gasteiger partial charge on any atom is 0.186 e. The molecule has 0 aromatic carbocycles. The molecule has 1 aliphatic heterocycles. The molecule has 0 bridgehead atoms. The largest absolute Gasteiger partial charge is 0.394 e. The summed E-state index contributed by atoms with van der Waals surface area (Å²) in [5.41, 5.74) is 0. The van der Waals surface area contributed by atoms with Gasteiger partial charge in [-0.15, -0.1) is 0 Å². The van der Waals surface area contributed by atoms with Crippen LogP contribution in [0.15, 0.2) is 0 Å². The highest BCUT2D eigenvalue weighted by Gasteiger charge is 2.43. The quantitative estimate of drug-likeness (QED) is 0.451. The Bertz CT molecular complexity index is 210. The zero-order valence-corrected chi connectivity index (χ0v) is 10.0. The van der Waals surface area contributed by atoms with Gasteiger partial charge in [0.2, 0.25) is 0 Å². The molecular weight excluding hydrogens is 228 g/mol. The summed E-state index contributed by atoms with van der Waals surface area (Å²) < 4.78 is 10.5. The van der Waals surface area contributed by atoms with Gasteiger partial charge in [-0.25, -0.2) is 0 Å². The summed E-state index contributed by atoms with van der Waals surface area (Å²) in [6.07, 6.45) is -2.98. The molecule has 0 radical (unpaired) electrons. The van der Waals surface area contributed by atoms with Crippen molar-refractivity contribution >= 4 is 0 Å². The predicted molar refractivity (Wildman–Crippen MR) is 59.2 cm³/mol. The van der Waals surface area contributed by atoms with Crippen LogP contribution < -0.4 is 0 Å². The minimum Gasteiger partial charge on any atom is -0.394 e. The van der Waals surface area contributed by atoms with E-state index in [1.165, 1.54) is 0 Å². The van der Waals surface area contributed by atoms with Gasteiger partial charge in [0.25, 0.3) is 0 Å². The molecule has 6 nitrogen and oxygen atoms in total. The van der Waals surface area contributed by atoms with Crippen molar-refractivity contribution in [2.24, 2.45) is 0 Å². The van der Waals surface area contributed by atoms with Crippen LogP contribution in [0.25, 0.3) is 0 Å². The van der Waals surface area contributed by atoms with Crippen LogP contribution in [-0.4, -0.2) is 64.3 Å². The van der Waals surface area contributed by atoms with E-state index in [0.717, 1.165) is 19.3 Å². The second kappa shape index (κ2) is 7.25. The molecule has 17 heavy (non-hydrogen) atoms. The van der Waals surface area contributed by atoms with Crippen LogP contribution in [0, 0.1) is 0 Å². The topological polar surface area (TPSA) is 99.4 Å². The third kappa shape index (κ3) is 3.87. The van der Waals surface area contributed by atoms with Gasteiger partial charge in [-0.1, -0.05) is 19.8 Å². The van der Waals surface area contributed by atoms with Gasteiger partial charge in [0.15, 0.2) is 6.29 Å². The maximum atomic E-state index is 9.64. The minimum absolute atomic E-state index is 0.413. The van der Waals surface area contributed by atoms with Crippen molar-refractivity contribution in [1.29, 1.82) is 0 Å². The van der Waals surface area contributed by atoms with Crippen molar-refractivity contribution in [3.63, 3.8) is 0 Å². The lowest BCUT2D eigenvalue weighted by Gasteiger charge is -2.39. The summed E-state index contributed by atoms with van der Waals surface area (Å²) >= 11 is 0. The van der Waals surface area contributed by atoms with Gasteiger partial charge in [-0.3, -0.25) is 0 Å². The average Bonchev–Trinajstić information content (AvgIpc) is 2.34. The van der Waals surface area contributed by atoms with Crippen molar-refractivity contribution in [3.05, 3.63) is 0 Å². The summed E-state index contributed by atoms with van der Waals surface area (Å²) in [4.78, 5) is 0. The second-order valence-electron chi connectivity index (χ2n) is 4.28. The second-order valence-corrected chi connectivity index (χ2v) is 4.28. The fraction of sp³-hybridized carbons (Fsp3) is 1.00. The molecule has 0 aromatic heterocycles. The minimum atomic E-state index is -1.36. The molecule has 6 heteroatoms. The van der Waals surface area contributed by atoms with E-state index in [1.54, 1.807) is 0 Å². The summed E-state index contributed by atoms with van der Waals surface area (Å²) in [5, 5.41) is 37.6. The highest BCUT2D eigenvalue weighted by Crippen LogP contribution is 2.22. The molecule has 1 fully saturated rings. The van der Waals surface area contributed by atoms with E-state index in [-0.39, 0.29) is 0 Å². The highest BCUT2D eigenvalue weighted by molar-refractivity contribution is 4.88. The molecule has 5 atom stereocenters. The molecule has 1 heterocycles. The molecule has 1 saturated heterocycles. The molecule has 0 aliphatic carbocycles. The molecule has 0 amide bonds. The Hall–Kier alpha value is -0.240. The molecule has 1 aliphatic rings. The third-order valence-electron chi connectivity index (χ3n) is 2.88. The Morgan fingerprint density at radius 2 is 1.76 bits per heavy atom. The number of ether oxygens (including phenoxy) is 2. The molecule has 0 unspecified atom stereocenters. The first-order chi connectivity index (χ1) is 8.11. The average molecular weight is 250 g/mol. The van der Waals surface area contributed by atoms with Crippen molar-refractivity contribution < 1.29 is 29.9 Å². The van der Waals surface area contributed by atoms with E-state index in [1.807, 2.05) is 0 Å². The Kier molecular flexibility index (Phi) is 6.32. The smallest absolute Gasteiger partial charge is 0.186 e. The zero-order chi connectivity index (χ0) is 12.8. The molecule has 4 N–H and O–H groups in total. The fourth-order valence-corrected chi connectivity index (χ4v) is 1.76. The summed E-state index contributed by atoms with van der Waals surface area (Å²) in [7, 11) is 0. The lowest BCUT2D eigenvalue weighted by molar-refractivity contribution is -0.301. The first-order valence-corrected chi connectivity index (χ1v) is 6.04. The van der Waals surface area contributed by atoms with Crippen molar-refractivity contribution in [2.45, 2.75) is 56.9 Å². The Labute approximate surface area is 101 Å². The van der Waals surface area contributed by atoms with Gasteiger partial charge in [0.1, 0.15) is 24.4 Å². The normalized spacial score (nSPS) is 38.3. The first kappa shape index (κ1) is 14.8. The summed E-state index contributed by atoms with van der Waals surface area (Å²) in [5.74, 6) is 0. The van der Waals surface area contributed by atoms with Gasteiger partial charge < -0.3 is 29.9 Å². The predicted octanol–water partition coefficient (Wildman–Crippen LogP) is -1.01. The van der Waals surface area contributed by atoms with Gasteiger partial charge in [0.05, 0.1) is 6.61 Å². The van der Waals surface area contributed by atoms with Gasteiger partial charge in [-0.05, 0) is 6.42 Å². The van der Waals surface area contributed by atoms with Gasteiger partial charge in [0, 0.05) is 6.61 Å². The highest BCUT2D eigenvalue weighted by atomic mass is 16.7. The SMILES string of the molecule is CCCCCO[C@@H]1O[C@H](CO)[C@@H](O)[C@H](O)[C@@H]1O. The molecule has 0 saturated carbocycles. The molecule has 102 valence electrons. The number of rotatable bonds is 6. The molecule has 1 rings (SSSR count). The fourth-order valence-electron chi connectivity index (χ4n) is 1.76. The van der Waals surface area contributed by atoms with Gasteiger partial charge in [-0.2, -0.15) is 0 Å². The van der Waals surface area contributed by atoms with Crippen molar-refractivity contribution in [1.82, 2.24) is 0 Å². The third-order valence-corrected chi connectivity index (χ3v) is 2.88. The Morgan fingerprint density at radius 3 is 2.35 bits per heavy atom. The number of unbranched alkanes of at least 4 members (excludes halogenated alkanes) is 2. The molecule has 0 aromatic rings. The Balaban J connectivity index is 2.42. The van der Waals surface area contributed by atoms with E-state index in [9.17, 15) is 15.3 Å². The van der Waals surface area contributed by atoms with Crippen LogP contribution in [0.3, 0.4) is 0 Å². The van der Waals surface area contributed by atoms with Crippen LogP contribution in [-0.2, 0) is 9.47 Å². The van der Waals surface area contributed by atoms with E-state index >= 15 is 0 Å².